The highest BCUT2D eigenvalue weighted by Crippen LogP contribution is 2.02. The molecule has 0 aliphatic rings. The van der Waals surface area contributed by atoms with Gasteiger partial charge in [0.25, 0.3) is 0 Å². The molecule has 0 aromatic heterocycles. The fourth-order valence-corrected chi connectivity index (χ4v) is 1.22. The molecular formula is C11H20N2O2. The van der Waals surface area contributed by atoms with Crippen LogP contribution in [0.2, 0.25) is 0 Å². The van der Waals surface area contributed by atoms with Crippen molar-refractivity contribution in [3.8, 4) is 0 Å². The first-order valence-electron chi connectivity index (χ1n) is 5.34. The summed E-state index contributed by atoms with van der Waals surface area (Å²) in [6.45, 7) is 4.09. The van der Waals surface area contributed by atoms with Crippen molar-refractivity contribution in [2.24, 2.45) is 5.73 Å². The average molecular weight is 212 g/mol. The van der Waals surface area contributed by atoms with E-state index in [1.807, 2.05) is 6.92 Å². The van der Waals surface area contributed by atoms with Crippen molar-refractivity contribution in [1.82, 2.24) is 5.32 Å². The monoisotopic (exact) mass is 212 g/mol. The molecule has 0 radical (unpaired) electrons. The lowest BCUT2D eigenvalue weighted by atomic mass is 10.1. The van der Waals surface area contributed by atoms with Gasteiger partial charge < -0.3 is 11.1 Å². The first-order chi connectivity index (χ1) is 7.06. The molecule has 1 atom stereocenters. The standard InChI is InChI=1S/C11H20N2O2/c1-3-4-5-6-9(2)13-11(15)8-7-10(12)14/h7-9H,3-6H2,1-2H3,(H2,12,14)(H,13,15)/b8-7-. The van der Waals surface area contributed by atoms with Crippen LogP contribution >= 0.6 is 0 Å². The maximum absolute atomic E-state index is 11.2. The number of amides is 2. The molecule has 0 aliphatic heterocycles. The van der Waals surface area contributed by atoms with Crippen LogP contribution in [0, 0.1) is 0 Å². The van der Waals surface area contributed by atoms with Crippen molar-refractivity contribution in [2.75, 3.05) is 0 Å². The van der Waals surface area contributed by atoms with Gasteiger partial charge in [0, 0.05) is 18.2 Å². The van der Waals surface area contributed by atoms with Crippen LogP contribution in [0.15, 0.2) is 12.2 Å². The third kappa shape index (κ3) is 9.00. The van der Waals surface area contributed by atoms with Crippen molar-refractivity contribution >= 4 is 11.8 Å². The largest absolute Gasteiger partial charge is 0.366 e. The van der Waals surface area contributed by atoms with Gasteiger partial charge in [-0.25, -0.2) is 0 Å². The topological polar surface area (TPSA) is 72.2 Å². The van der Waals surface area contributed by atoms with Gasteiger partial charge in [0.2, 0.25) is 11.8 Å². The minimum absolute atomic E-state index is 0.140. The summed E-state index contributed by atoms with van der Waals surface area (Å²) in [4.78, 5) is 21.5. The number of primary amides is 1. The highest BCUT2D eigenvalue weighted by atomic mass is 16.2. The first-order valence-corrected chi connectivity index (χ1v) is 5.34. The average Bonchev–Trinajstić information content (AvgIpc) is 2.15. The Hall–Kier alpha value is -1.32. The van der Waals surface area contributed by atoms with Gasteiger partial charge >= 0.3 is 0 Å². The Morgan fingerprint density at radius 3 is 2.53 bits per heavy atom. The zero-order chi connectivity index (χ0) is 11.7. The predicted octanol–water partition coefficient (Wildman–Crippen LogP) is 1.11. The maximum Gasteiger partial charge on any atom is 0.244 e. The summed E-state index contributed by atoms with van der Waals surface area (Å²) in [5, 5.41) is 2.76. The van der Waals surface area contributed by atoms with Gasteiger partial charge in [-0.1, -0.05) is 26.2 Å². The molecule has 0 saturated carbocycles. The number of unbranched alkanes of at least 4 members (excludes halogenated alkanes) is 2. The Morgan fingerprint density at radius 1 is 1.33 bits per heavy atom. The lowest BCUT2D eigenvalue weighted by molar-refractivity contribution is -0.118. The molecule has 0 aromatic carbocycles. The van der Waals surface area contributed by atoms with Gasteiger partial charge in [0.15, 0.2) is 0 Å². The lowest BCUT2D eigenvalue weighted by Crippen LogP contribution is -2.31. The van der Waals surface area contributed by atoms with E-state index in [0.717, 1.165) is 18.9 Å². The molecule has 0 aliphatic carbocycles. The van der Waals surface area contributed by atoms with E-state index < -0.39 is 5.91 Å². The molecule has 4 nitrogen and oxygen atoms in total. The molecule has 0 rings (SSSR count). The van der Waals surface area contributed by atoms with Crippen LogP contribution < -0.4 is 11.1 Å². The van der Waals surface area contributed by atoms with E-state index in [4.69, 9.17) is 5.73 Å². The number of nitrogens with one attached hydrogen (secondary N) is 1. The quantitative estimate of drug-likeness (QED) is 0.490. The van der Waals surface area contributed by atoms with Crippen LogP contribution in [0.1, 0.15) is 39.5 Å². The minimum atomic E-state index is -0.608. The molecule has 0 spiro atoms. The second kappa shape index (κ2) is 8.03. The Bertz CT molecular complexity index is 237. The molecule has 0 fully saturated rings. The predicted molar refractivity (Wildman–Crippen MR) is 60.1 cm³/mol. The van der Waals surface area contributed by atoms with E-state index in [2.05, 4.69) is 12.2 Å². The number of carbonyl (C=O) groups excluding carboxylic acids is 2. The van der Waals surface area contributed by atoms with Gasteiger partial charge in [0.1, 0.15) is 0 Å². The molecule has 4 heteroatoms. The molecular weight excluding hydrogens is 192 g/mol. The molecule has 86 valence electrons. The van der Waals surface area contributed by atoms with Crippen LogP contribution in [0.5, 0.6) is 0 Å². The van der Waals surface area contributed by atoms with Gasteiger partial charge in [-0.05, 0) is 13.3 Å². The van der Waals surface area contributed by atoms with Crippen molar-refractivity contribution in [3.05, 3.63) is 12.2 Å². The smallest absolute Gasteiger partial charge is 0.244 e. The number of hydrogen-bond donors (Lipinski definition) is 2. The van der Waals surface area contributed by atoms with E-state index in [1.54, 1.807) is 0 Å². The minimum Gasteiger partial charge on any atom is -0.366 e. The molecule has 3 N–H and O–H groups in total. The summed E-state index contributed by atoms with van der Waals surface area (Å²) < 4.78 is 0. The zero-order valence-electron chi connectivity index (χ0n) is 9.45. The second-order valence-corrected chi connectivity index (χ2v) is 3.64. The third-order valence-electron chi connectivity index (χ3n) is 2.03. The normalized spacial score (nSPS) is 12.7. The summed E-state index contributed by atoms with van der Waals surface area (Å²) in [5.74, 6) is -0.874. The lowest BCUT2D eigenvalue weighted by Gasteiger charge is -2.11. The Morgan fingerprint density at radius 2 is 2.00 bits per heavy atom. The van der Waals surface area contributed by atoms with Crippen molar-refractivity contribution in [3.63, 3.8) is 0 Å². The van der Waals surface area contributed by atoms with Crippen molar-refractivity contribution < 1.29 is 9.59 Å². The summed E-state index contributed by atoms with van der Waals surface area (Å²) >= 11 is 0. The van der Waals surface area contributed by atoms with E-state index in [-0.39, 0.29) is 11.9 Å². The highest BCUT2D eigenvalue weighted by molar-refractivity contribution is 5.96. The van der Waals surface area contributed by atoms with Crippen LogP contribution in [0.4, 0.5) is 0 Å². The summed E-state index contributed by atoms with van der Waals surface area (Å²) in [6, 6.07) is 0.140. The Kier molecular flexibility index (Phi) is 7.32. The van der Waals surface area contributed by atoms with E-state index >= 15 is 0 Å². The van der Waals surface area contributed by atoms with Crippen LogP contribution in [0.3, 0.4) is 0 Å². The number of nitrogens with two attached hydrogens (primary N) is 1. The SMILES string of the molecule is CCCCCC(C)NC(=O)/C=C\C(N)=O. The molecule has 0 bridgehead atoms. The highest BCUT2D eigenvalue weighted by Gasteiger charge is 2.03. The number of rotatable bonds is 7. The third-order valence-corrected chi connectivity index (χ3v) is 2.03. The summed E-state index contributed by atoms with van der Waals surface area (Å²) in [6.07, 6.45) is 6.65. The molecule has 0 aromatic rings. The summed E-state index contributed by atoms with van der Waals surface area (Å²) in [7, 11) is 0. The van der Waals surface area contributed by atoms with Crippen LogP contribution in [-0.4, -0.2) is 17.9 Å². The van der Waals surface area contributed by atoms with Gasteiger partial charge in [-0.15, -0.1) is 0 Å². The first kappa shape index (κ1) is 13.7. The maximum atomic E-state index is 11.2. The second-order valence-electron chi connectivity index (χ2n) is 3.64. The molecule has 1 unspecified atom stereocenters. The molecule has 0 saturated heterocycles. The molecule has 2 amide bonds. The molecule has 15 heavy (non-hydrogen) atoms. The van der Waals surface area contributed by atoms with Gasteiger partial charge in [-0.3, -0.25) is 9.59 Å². The Balaban J connectivity index is 3.71. The van der Waals surface area contributed by atoms with Crippen LogP contribution in [-0.2, 0) is 9.59 Å². The van der Waals surface area contributed by atoms with E-state index in [1.165, 1.54) is 18.9 Å². The Labute approximate surface area is 90.9 Å². The van der Waals surface area contributed by atoms with E-state index in [9.17, 15) is 9.59 Å². The van der Waals surface area contributed by atoms with Crippen molar-refractivity contribution in [1.29, 1.82) is 0 Å². The fourth-order valence-electron chi connectivity index (χ4n) is 1.22. The van der Waals surface area contributed by atoms with Crippen LogP contribution in [0.25, 0.3) is 0 Å². The van der Waals surface area contributed by atoms with Crippen molar-refractivity contribution in [2.45, 2.75) is 45.6 Å². The number of carbonyl (C=O) groups is 2. The van der Waals surface area contributed by atoms with E-state index in [0.29, 0.717) is 0 Å². The number of hydrogen-bond acceptors (Lipinski definition) is 2. The summed E-state index contributed by atoms with van der Waals surface area (Å²) in [5.41, 5.74) is 4.86. The fraction of sp³-hybridized carbons (Fsp3) is 0.636. The van der Waals surface area contributed by atoms with Gasteiger partial charge in [0.05, 0.1) is 0 Å². The molecule has 0 heterocycles. The zero-order valence-corrected chi connectivity index (χ0v) is 9.45. The van der Waals surface area contributed by atoms with Gasteiger partial charge in [-0.2, -0.15) is 0 Å².